The number of hydrogen-bond donors (Lipinski definition) is 1. The van der Waals surface area contributed by atoms with Crippen LogP contribution in [0, 0.1) is 0 Å². The Labute approximate surface area is 73.3 Å². The van der Waals surface area contributed by atoms with Crippen LogP contribution < -0.4 is 4.74 Å². The quantitative estimate of drug-likeness (QED) is 0.538. The molecule has 4 nitrogen and oxygen atoms in total. The van der Waals surface area contributed by atoms with Gasteiger partial charge in [0.15, 0.2) is 11.3 Å². The van der Waals surface area contributed by atoms with Crippen LogP contribution in [0.3, 0.4) is 0 Å². The molecule has 4 heteroatoms. The van der Waals surface area contributed by atoms with Gasteiger partial charge in [0.05, 0.1) is 6.26 Å². The zero-order chi connectivity index (χ0) is 9.26. The fraction of sp³-hybridized carbons (Fsp3) is 0. The Bertz CT molecular complexity index is 444. The maximum Gasteiger partial charge on any atom is 0.511 e. The molecule has 0 radical (unpaired) electrons. The largest absolute Gasteiger partial charge is 0.511 e. The van der Waals surface area contributed by atoms with Gasteiger partial charge in [-0.1, -0.05) is 12.1 Å². The van der Waals surface area contributed by atoms with E-state index in [-0.39, 0.29) is 5.75 Å². The van der Waals surface area contributed by atoms with Crippen molar-refractivity contribution in [3.63, 3.8) is 0 Å². The van der Waals surface area contributed by atoms with E-state index in [9.17, 15) is 4.79 Å². The predicted molar refractivity (Wildman–Crippen MR) is 44.9 cm³/mol. The lowest BCUT2D eigenvalue weighted by Gasteiger charge is -1.98. The molecule has 0 aliphatic rings. The van der Waals surface area contributed by atoms with Crippen molar-refractivity contribution >= 4 is 17.1 Å². The van der Waals surface area contributed by atoms with Crippen LogP contribution in [0.2, 0.25) is 0 Å². The van der Waals surface area contributed by atoms with E-state index in [0.717, 1.165) is 5.39 Å². The molecule has 2 rings (SSSR count). The number of rotatable bonds is 1. The molecular weight excluding hydrogens is 172 g/mol. The first kappa shape index (κ1) is 7.67. The lowest BCUT2D eigenvalue weighted by Crippen LogP contribution is -2.02. The van der Waals surface area contributed by atoms with E-state index in [1.54, 1.807) is 18.2 Å². The summed E-state index contributed by atoms with van der Waals surface area (Å²) in [5.41, 5.74) is 0.449. The van der Waals surface area contributed by atoms with Crippen molar-refractivity contribution < 1.29 is 19.1 Å². The molecule has 2 aromatic rings. The second kappa shape index (κ2) is 2.82. The Kier molecular flexibility index (Phi) is 1.66. The van der Waals surface area contributed by atoms with Crippen LogP contribution in [0.1, 0.15) is 0 Å². The van der Waals surface area contributed by atoms with E-state index < -0.39 is 6.16 Å². The van der Waals surface area contributed by atoms with Crippen LogP contribution in [-0.4, -0.2) is 11.3 Å². The minimum atomic E-state index is -1.34. The molecule has 0 amide bonds. The molecular formula is C9H6O4. The molecule has 1 heterocycles. The number of benzene rings is 1. The Balaban J connectivity index is 2.54. The Morgan fingerprint density at radius 2 is 2.23 bits per heavy atom. The van der Waals surface area contributed by atoms with Gasteiger partial charge in [0, 0.05) is 5.39 Å². The smallest absolute Gasteiger partial charge is 0.460 e. The van der Waals surface area contributed by atoms with E-state index in [1.807, 2.05) is 6.07 Å². The van der Waals surface area contributed by atoms with E-state index in [0.29, 0.717) is 5.58 Å². The van der Waals surface area contributed by atoms with Crippen LogP contribution in [-0.2, 0) is 0 Å². The third kappa shape index (κ3) is 1.33. The second-order valence-corrected chi connectivity index (χ2v) is 2.46. The summed E-state index contributed by atoms with van der Waals surface area (Å²) < 4.78 is 9.57. The van der Waals surface area contributed by atoms with Crippen molar-refractivity contribution in [2.75, 3.05) is 0 Å². The summed E-state index contributed by atoms with van der Waals surface area (Å²) in [6.07, 6.45) is 0.142. The molecule has 66 valence electrons. The number of para-hydroxylation sites is 1. The van der Waals surface area contributed by atoms with Gasteiger partial charge in [-0.25, -0.2) is 4.79 Å². The summed E-state index contributed by atoms with van der Waals surface area (Å²) in [6, 6.07) is 6.80. The standard InChI is InChI=1S/C9H6O4/c10-9(11)13-7-3-1-2-6-4-5-12-8(6)7/h1-5H,(H,10,11). The van der Waals surface area contributed by atoms with Gasteiger partial charge in [-0.15, -0.1) is 0 Å². The zero-order valence-electron chi connectivity index (χ0n) is 6.56. The number of furan rings is 1. The van der Waals surface area contributed by atoms with Crippen LogP contribution in [0.25, 0.3) is 11.0 Å². The highest BCUT2D eigenvalue weighted by molar-refractivity contribution is 5.84. The van der Waals surface area contributed by atoms with Crippen LogP contribution in [0.5, 0.6) is 5.75 Å². The minimum absolute atomic E-state index is 0.218. The maximum atomic E-state index is 10.3. The first-order chi connectivity index (χ1) is 6.27. The summed E-state index contributed by atoms with van der Waals surface area (Å²) in [5.74, 6) is 0.218. The van der Waals surface area contributed by atoms with Crippen molar-refractivity contribution in [1.82, 2.24) is 0 Å². The topological polar surface area (TPSA) is 59.7 Å². The molecule has 1 aromatic carbocycles. The molecule has 0 saturated carbocycles. The summed E-state index contributed by atoms with van der Waals surface area (Å²) in [4.78, 5) is 10.3. The molecule has 0 unspecified atom stereocenters. The molecule has 0 saturated heterocycles. The molecule has 0 aliphatic heterocycles. The average Bonchev–Trinajstić information content (AvgIpc) is 2.51. The molecule has 0 spiro atoms. The van der Waals surface area contributed by atoms with E-state index in [2.05, 4.69) is 4.74 Å². The monoisotopic (exact) mass is 178 g/mol. The van der Waals surface area contributed by atoms with Gasteiger partial charge in [-0.05, 0) is 12.1 Å². The predicted octanol–water partition coefficient (Wildman–Crippen LogP) is 2.49. The fourth-order valence-corrected chi connectivity index (χ4v) is 1.14. The molecule has 1 aromatic heterocycles. The summed E-state index contributed by atoms with van der Waals surface area (Å²) in [5, 5.41) is 9.22. The minimum Gasteiger partial charge on any atom is -0.460 e. The van der Waals surface area contributed by atoms with Crippen LogP contribution in [0.15, 0.2) is 34.9 Å². The van der Waals surface area contributed by atoms with Crippen molar-refractivity contribution in [3.05, 3.63) is 30.5 Å². The van der Waals surface area contributed by atoms with Gasteiger partial charge in [-0.2, -0.15) is 0 Å². The highest BCUT2D eigenvalue weighted by atomic mass is 16.7. The SMILES string of the molecule is O=C(O)Oc1cccc2ccoc12. The molecule has 0 atom stereocenters. The van der Waals surface area contributed by atoms with Gasteiger partial charge >= 0.3 is 6.16 Å². The van der Waals surface area contributed by atoms with Crippen molar-refractivity contribution in [2.24, 2.45) is 0 Å². The maximum absolute atomic E-state index is 10.3. The molecule has 13 heavy (non-hydrogen) atoms. The number of carbonyl (C=O) groups is 1. The van der Waals surface area contributed by atoms with Crippen molar-refractivity contribution in [3.8, 4) is 5.75 Å². The van der Waals surface area contributed by atoms with E-state index in [4.69, 9.17) is 9.52 Å². The molecule has 0 fully saturated rings. The number of ether oxygens (including phenoxy) is 1. The highest BCUT2D eigenvalue weighted by Crippen LogP contribution is 2.26. The lowest BCUT2D eigenvalue weighted by molar-refractivity contribution is 0.144. The Hall–Kier alpha value is -1.97. The van der Waals surface area contributed by atoms with Crippen molar-refractivity contribution in [1.29, 1.82) is 0 Å². The van der Waals surface area contributed by atoms with E-state index >= 15 is 0 Å². The van der Waals surface area contributed by atoms with Gasteiger partial charge in [0.2, 0.25) is 0 Å². The number of fused-ring (bicyclic) bond motifs is 1. The van der Waals surface area contributed by atoms with Gasteiger partial charge in [-0.3, -0.25) is 0 Å². The summed E-state index contributed by atoms with van der Waals surface area (Å²) in [6.45, 7) is 0. The molecule has 0 bridgehead atoms. The molecule has 1 N–H and O–H groups in total. The number of hydrogen-bond acceptors (Lipinski definition) is 3. The third-order valence-corrected chi connectivity index (χ3v) is 1.64. The zero-order valence-corrected chi connectivity index (χ0v) is 6.56. The van der Waals surface area contributed by atoms with Gasteiger partial charge in [0.25, 0.3) is 0 Å². The highest BCUT2D eigenvalue weighted by Gasteiger charge is 2.07. The normalized spacial score (nSPS) is 10.2. The van der Waals surface area contributed by atoms with Crippen molar-refractivity contribution in [2.45, 2.75) is 0 Å². The Morgan fingerprint density at radius 3 is 3.00 bits per heavy atom. The Morgan fingerprint density at radius 1 is 1.38 bits per heavy atom. The molecule has 0 aliphatic carbocycles. The fourth-order valence-electron chi connectivity index (χ4n) is 1.14. The van der Waals surface area contributed by atoms with Crippen LogP contribution in [0.4, 0.5) is 4.79 Å². The summed E-state index contributed by atoms with van der Waals surface area (Å²) in [7, 11) is 0. The van der Waals surface area contributed by atoms with E-state index in [1.165, 1.54) is 6.26 Å². The third-order valence-electron chi connectivity index (χ3n) is 1.64. The second-order valence-electron chi connectivity index (χ2n) is 2.46. The average molecular weight is 178 g/mol. The summed E-state index contributed by atoms with van der Waals surface area (Å²) >= 11 is 0. The first-order valence-electron chi connectivity index (χ1n) is 3.64. The van der Waals surface area contributed by atoms with Crippen LogP contribution >= 0.6 is 0 Å². The lowest BCUT2D eigenvalue weighted by atomic mass is 10.2. The van der Waals surface area contributed by atoms with Gasteiger partial charge in [0.1, 0.15) is 0 Å². The number of carboxylic acid groups (broad SMARTS) is 1. The first-order valence-corrected chi connectivity index (χ1v) is 3.64. The van der Waals surface area contributed by atoms with Gasteiger partial charge < -0.3 is 14.3 Å².